The first-order chi connectivity index (χ1) is 11.8. The number of aryl methyl sites for hydroxylation is 2. The van der Waals surface area contributed by atoms with Crippen molar-refractivity contribution < 1.29 is 13.2 Å². The Morgan fingerprint density at radius 3 is 2.04 bits per heavy atom. The lowest BCUT2D eigenvalue weighted by atomic mass is 10.1. The molecule has 1 aliphatic carbocycles. The van der Waals surface area contributed by atoms with Crippen LogP contribution in [0.3, 0.4) is 0 Å². The summed E-state index contributed by atoms with van der Waals surface area (Å²) in [7, 11) is -3.53. The third-order valence-corrected chi connectivity index (χ3v) is 7.29. The first-order valence-corrected chi connectivity index (χ1v) is 10.1. The average molecular weight is 359 g/mol. The van der Waals surface area contributed by atoms with Crippen molar-refractivity contribution in [2.24, 2.45) is 5.73 Å². The summed E-state index contributed by atoms with van der Waals surface area (Å²) in [5.74, 6) is -0.258. The standard InChI is InChI=1S/C20H25NO3S/c1-4-24-13-20(21)18(16-9-5-14(2)6-10-16)19(20)25(22,23)17-11-7-15(3)8-12-17/h5-12,18-19H,4,13,21H2,1-3H3/t18-,19-,20-/m0/s1. The van der Waals surface area contributed by atoms with Gasteiger partial charge in [0.15, 0.2) is 9.84 Å². The number of hydrogen-bond donors (Lipinski definition) is 1. The molecule has 2 aromatic carbocycles. The van der Waals surface area contributed by atoms with E-state index in [4.69, 9.17) is 10.5 Å². The van der Waals surface area contributed by atoms with Gasteiger partial charge in [-0.1, -0.05) is 47.5 Å². The van der Waals surface area contributed by atoms with Crippen LogP contribution in [0.2, 0.25) is 0 Å². The second kappa shape index (κ2) is 6.56. The predicted molar refractivity (Wildman–Crippen MR) is 99.5 cm³/mol. The van der Waals surface area contributed by atoms with Gasteiger partial charge in [-0.2, -0.15) is 0 Å². The van der Waals surface area contributed by atoms with Crippen LogP contribution < -0.4 is 5.73 Å². The summed E-state index contributed by atoms with van der Waals surface area (Å²) in [5, 5.41) is -0.669. The van der Waals surface area contributed by atoms with Crippen molar-refractivity contribution >= 4 is 9.84 Å². The van der Waals surface area contributed by atoms with Crippen molar-refractivity contribution in [1.82, 2.24) is 0 Å². The Bertz CT molecular complexity index is 844. The second-order valence-corrected chi connectivity index (χ2v) is 8.99. The number of sulfone groups is 1. The van der Waals surface area contributed by atoms with E-state index in [1.54, 1.807) is 12.1 Å². The van der Waals surface area contributed by atoms with E-state index in [0.29, 0.717) is 11.5 Å². The van der Waals surface area contributed by atoms with Crippen LogP contribution in [0, 0.1) is 13.8 Å². The van der Waals surface area contributed by atoms with Crippen molar-refractivity contribution in [3.8, 4) is 0 Å². The zero-order valence-electron chi connectivity index (χ0n) is 14.9. The van der Waals surface area contributed by atoms with Gasteiger partial charge in [0, 0.05) is 12.5 Å². The van der Waals surface area contributed by atoms with E-state index in [-0.39, 0.29) is 12.5 Å². The lowest BCUT2D eigenvalue weighted by molar-refractivity contribution is 0.125. The molecule has 4 nitrogen and oxygen atoms in total. The molecular weight excluding hydrogens is 334 g/mol. The highest BCUT2D eigenvalue weighted by molar-refractivity contribution is 7.92. The van der Waals surface area contributed by atoms with Gasteiger partial charge in [0.2, 0.25) is 0 Å². The van der Waals surface area contributed by atoms with Crippen molar-refractivity contribution in [2.45, 2.75) is 42.4 Å². The van der Waals surface area contributed by atoms with E-state index < -0.39 is 20.6 Å². The van der Waals surface area contributed by atoms with Gasteiger partial charge in [0.25, 0.3) is 0 Å². The molecule has 0 heterocycles. The monoisotopic (exact) mass is 359 g/mol. The molecule has 1 aliphatic rings. The van der Waals surface area contributed by atoms with Crippen molar-refractivity contribution in [1.29, 1.82) is 0 Å². The van der Waals surface area contributed by atoms with Gasteiger partial charge in [0.05, 0.1) is 22.3 Å². The molecule has 0 aromatic heterocycles. The summed E-state index contributed by atoms with van der Waals surface area (Å²) in [6.07, 6.45) is 0. The zero-order valence-corrected chi connectivity index (χ0v) is 15.7. The summed E-state index contributed by atoms with van der Waals surface area (Å²) >= 11 is 0. The molecule has 5 heteroatoms. The Morgan fingerprint density at radius 1 is 1.00 bits per heavy atom. The fourth-order valence-electron chi connectivity index (χ4n) is 3.48. The minimum absolute atomic E-state index is 0.234. The predicted octanol–water partition coefficient (Wildman–Crippen LogP) is 2.98. The van der Waals surface area contributed by atoms with Crippen LogP contribution in [0.1, 0.15) is 29.5 Å². The molecule has 0 aliphatic heterocycles. The van der Waals surface area contributed by atoms with Crippen molar-refractivity contribution in [3.63, 3.8) is 0 Å². The maximum Gasteiger partial charge on any atom is 0.183 e. The highest BCUT2D eigenvalue weighted by Gasteiger charge is 2.69. The molecule has 1 saturated carbocycles. The Kier molecular flexibility index (Phi) is 4.75. The SMILES string of the molecule is CCOC[C@]1(N)[C@@H](c2ccc(C)cc2)[C@@H]1S(=O)(=O)c1ccc(C)cc1. The lowest BCUT2D eigenvalue weighted by Crippen LogP contribution is -2.36. The van der Waals surface area contributed by atoms with Crippen LogP contribution in [-0.4, -0.2) is 32.4 Å². The number of benzene rings is 2. The van der Waals surface area contributed by atoms with E-state index in [2.05, 4.69) is 0 Å². The molecule has 134 valence electrons. The molecule has 1 fully saturated rings. The first kappa shape index (κ1) is 18.1. The van der Waals surface area contributed by atoms with Gasteiger partial charge in [-0.25, -0.2) is 8.42 Å². The molecule has 25 heavy (non-hydrogen) atoms. The van der Waals surface area contributed by atoms with Gasteiger partial charge in [-0.05, 0) is 38.5 Å². The molecule has 2 N–H and O–H groups in total. The minimum atomic E-state index is -3.53. The number of hydrogen-bond acceptors (Lipinski definition) is 4. The van der Waals surface area contributed by atoms with Crippen LogP contribution in [0.5, 0.6) is 0 Å². The molecule has 2 aromatic rings. The summed E-state index contributed by atoms with van der Waals surface area (Å²) in [5.41, 5.74) is 8.76. The third-order valence-electron chi connectivity index (χ3n) is 4.98. The van der Waals surface area contributed by atoms with Gasteiger partial charge < -0.3 is 10.5 Å². The van der Waals surface area contributed by atoms with Gasteiger partial charge in [-0.3, -0.25) is 0 Å². The minimum Gasteiger partial charge on any atom is -0.380 e. The van der Waals surface area contributed by atoms with Gasteiger partial charge >= 0.3 is 0 Å². The summed E-state index contributed by atoms with van der Waals surface area (Å²) < 4.78 is 31.9. The number of rotatable bonds is 6. The van der Waals surface area contributed by atoms with E-state index in [1.807, 2.05) is 57.2 Å². The molecular formula is C20H25NO3S. The van der Waals surface area contributed by atoms with Crippen LogP contribution in [0.4, 0.5) is 0 Å². The molecule has 0 radical (unpaired) electrons. The topological polar surface area (TPSA) is 69.4 Å². The van der Waals surface area contributed by atoms with Crippen molar-refractivity contribution in [2.75, 3.05) is 13.2 Å². The quantitative estimate of drug-likeness (QED) is 0.861. The third kappa shape index (κ3) is 3.24. The first-order valence-electron chi connectivity index (χ1n) is 8.54. The van der Waals surface area contributed by atoms with Crippen LogP contribution in [0.25, 0.3) is 0 Å². The highest BCUT2D eigenvalue weighted by atomic mass is 32.2. The van der Waals surface area contributed by atoms with E-state index in [1.165, 1.54) is 0 Å². The van der Waals surface area contributed by atoms with E-state index in [9.17, 15) is 8.42 Å². The average Bonchev–Trinajstić information content (AvgIpc) is 3.21. The zero-order chi connectivity index (χ0) is 18.2. The largest absolute Gasteiger partial charge is 0.380 e. The van der Waals surface area contributed by atoms with E-state index in [0.717, 1.165) is 16.7 Å². The number of nitrogens with two attached hydrogens (primary N) is 1. The Labute approximate surface area is 149 Å². The molecule has 3 atom stereocenters. The van der Waals surface area contributed by atoms with Crippen LogP contribution in [0.15, 0.2) is 53.4 Å². The summed E-state index contributed by atoms with van der Waals surface area (Å²) in [6.45, 7) is 6.57. The Morgan fingerprint density at radius 2 is 1.52 bits per heavy atom. The normalized spacial score (nSPS) is 25.8. The molecule has 0 unspecified atom stereocenters. The maximum atomic E-state index is 13.2. The Hall–Kier alpha value is -1.69. The van der Waals surface area contributed by atoms with Crippen LogP contribution >= 0.6 is 0 Å². The smallest absolute Gasteiger partial charge is 0.183 e. The second-order valence-electron chi connectivity index (χ2n) is 6.92. The molecule has 0 bridgehead atoms. The molecule has 0 amide bonds. The summed E-state index contributed by atoms with van der Waals surface area (Å²) in [6, 6.07) is 14.9. The molecule has 0 saturated heterocycles. The lowest BCUT2D eigenvalue weighted by Gasteiger charge is -2.12. The fraction of sp³-hybridized carbons (Fsp3) is 0.400. The van der Waals surface area contributed by atoms with Crippen molar-refractivity contribution in [3.05, 3.63) is 65.2 Å². The van der Waals surface area contributed by atoms with Gasteiger partial charge in [-0.15, -0.1) is 0 Å². The summed E-state index contributed by atoms with van der Waals surface area (Å²) in [4.78, 5) is 0.323. The molecule has 0 spiro atoms. The molecule has 3 rings (SSSR count). The highest BCUT2D eigenvalue weighted by Crippen LogP contribution is 2.55. The number of ether oxygens (including phenoxy) is 1. The fourth-order valence-corrected chi connectivity index (χ4v) is 5.77. The van der Waals surface area contributed by atoms with E-state index >= 15 is 0 Å². The van der Waals surface area contributed by atoms with Gasteiger partial charge in [0.1, 0.15) is 0 Å². The van der Waals surface area contributed by atoms with Crippen LogP contribution in [-0.2, 0) is 14.6 Å². The maximum absolute atomic E-state index is 13.2. The Balaban J connectivity index is 1.99.